The molecule has 1 aromatic heterocycles. The second kappa shape index (κ2) is 11.8. The van der Waals surface area contributed by atoms with E-state index in [2.05, 4.69) is 5.32 Å². The molecule has 4 rings (SSSR count). The Hall–Kier alpha value is -4.72. The first-order valence-corrected chi connectivity index (χ1v) is 11.7. The van der Waals surface area contributed by atoms with Gasteiger partial charge in [0.15, 0.2) is 0 Å². The van der Waals surface area contributed by atoms with Crippen LogP contribution >= 0.6 is 0 Å². The normalized spacial score (nSPS) is 11.5. The van der Waals surface area contributed by atoms with Gasteiger partial charge in [-0.15, -0.1) is 0 Å². The molecule has 3 N–H and O–H groups in total. The molecule has 1 unspecified atom stereocenters. The number of hydrogen-bond acceptors (Lipinski definition) is 4. The summed E-state index contributed by atoms with van der Waals surface area (Å²) >= 11 is 0. The monoisotopic (exact) mass is 499 g/mol. The number of nitrogens with zero attached hydrogens (tertiary/aromatic N) is 1. The number of carboxylic acid groups (broad SMARTS) is 1. The van der Waals surface area contributed by atoms with Gasteiger partial charge < -0.3 is 19.7 Å². The molecule has 0 aliphatic rings. The molecule has 0 bridgehead atoms. The van der Waals surface area contributed by atoms with E-state index in [0.717, 1.165) is 0 Å². The summed E-state index contributed by atoms with van der Waals surface area (Å²) in [5.41, 5.74) is 2.44. The van der Waals surface area contributed by atoms with Crippen molar-refractivity contribution < 1.29 is 23.8 Å². The molecule has 7 nitrogen and oxygen atoms in total. The number of benzene rings is 3. The summed E-state index contributed by atoms with van der Waals surface area (Å²) in [6, 6.07) is 24.3. The maximum Gasteiger partial charge on any atom is 0.305 e. The standard InChI is InChI=1S/C29H26FN3O4/c30-25-6-2-1-5-24(25)20-8-10-21(11-9-20)26(19-28(34)35)32-29(36)22-12-14-23(15-13-22)37-18-17-33-16-4-3-7-27(33)31/h1-16,26,31H,17-19H2,(H,32,36)(H,34,35). The molecule has 1 amide bonds. The van der Waals surface area contributed by atoms with Crippen molar-refractivity contribution in [2.24, 2.45) is 0 Å². The molecule has 3 aromatic carbocycles. The van der Waals surface area contributed by atoms with Gasteiger partial charge in [0.2, 0.25) is 0 Å². The van der Waals surface area contributed by atoms with Crippen molar-refractivity contribution in [2.75, 3.05) is 6.61 Å². The fourth-order valence-corrected chi connectivity index (χ4v) is 3.89. The maximum absolute atomic E-state index is 14.1. The quantitative estimate of drug-likeness (QED) is 0.292. The average Bonchev–Trinajstić information content (AvgIpc) is 2.90. The Balaban J connectivity index is 1.40. The number of carbonyl (C=O) groups excluding carboxylic acids is 1. The van der Waals surface area contributed by atoms with Crippen LogP contribution in [0, 0.1) is 11.2 Å². The highest BCUT2D eigenvalue weighted by molar-refractivity contribution is 5.94. The first kappa shape index (κ1) is 25.4. The minimum absolute atomic E-state index is 0.304. The molecule has 0 saturated carbocycles. The van der Waals surface area contributed by atoms with Crippen molar-refractivity contribution in [3.8, 4) is 16.9 Å². The SMILES string of the molecule is N=c1ccccn1CCOc1ccc(C(=O)NC(CC(=O)O)c2ccc(-c3ccccc3F)cc2)cc1. The van der Waals surface area contributed by atoms with Crippen LogP contribution in [-0.4, -0.2) is 28.2 Å². The highest BCUT2D eigenvalue weighted by atomic mass is 19.1. The van der Waals surface area contributed by atoms with Gasteiger partial charge in [-0.1, -0.05) is 48.5 Å². The molecule has 0 aliphatic heterocycles. The molecule has 1 heterocycles. The highest BCUT2D eigenvalue weighted by Crippen LogP contribution is 2.26. The molecular formula is C29H26FN3O4. The molecule has 0 saturated heterocycles. The Kier molecular flexibility index (Phi) is 8.10. The predicted octanol–water partition coefficient (Wildman–Crippen LogP) is 4.80. The van der Waals surface area contributed by atoms with Crippen LogP contribution < -0.4 is 15.5 Å². The van der Waals surface area contributed by atoms with Crippen molar-refractivity contribution in [3.63, 3.8) is 0 Å². The third-order valence-electron chi connectivity index (χ3n) is 5.84. The maximum atomic E-state index is 14.1. The number of pyridine rings is 1. The average molecular weight is 500 g/mol. The molecule has 0 fully saturated rings. The summed E-state index contributed by atoms with van der Waals surface area (Å²) < 4.78 is 21.6. The largest absolute Gasteiger partial charge is 0.492 e. The molecule has 0 aliphatic carbocycles. The van der Waals surface area contributed by atoms with Gasteiger partial charge in [-0.25, -0.2) is 4.39 Å². The van der Waals surface area contributed by atoms with Crippen LogP contribution in [0.5, 0.6) is 5.75 Å². The van der Waals surface area contributed by atoms with Crippen LogP contribution in [0.1, 0.15) is 28.4 Å². The van der Waals surface area contributed by atoms with E-state index in [-0.39, 0.29) is 12.2 Å². The van der Waals surface area contributed by atoms with Gasteiger partial charge in [0.25, 0.3) is 5.91 Å². The summed E-state index contributed by atoms with van der Waals surface area (Å²) in [4.78, 5) is 24.3. The number of rotatable bonds is 10. The van der Waals surface area contributed by atoms with Gasteiger partial charge >= 0.3 is 5.97 Å². The van der Waals surface area contributed by atoms with E-state index >= 15 is 0 Å². The van der Waals surface area contributed by atoms with Crippen molar-refractivity contribution in [2.45, 2.75) is 19.0 Å². The lowest BCUT2D eigenvalue weighted by atomic mass is 9.98. The van der Waals surface area contributed by atoms with Crippen LogP contribution in [0.25, 0.3) is 11.1 Å². The molecule has 8 heteroatoms. The summed E-state index contributed by atoms with van der Waals surface area (Å²) in [6.07, 6.45) is 1.50. The zero-order valence-electron chi connectivity index (χ0n) is 19.9. The van der Waals surface area contributed by atoms with Crippen LogP contribution in [0.4, 0.5) is 4.39 Å². The highest BCUT2D eigenvalue weighted by Gasteiger charge is 2.19. The van der Waals surface area contributed by atoms with Gasteiger partial charge in [0.05, 0.1) is 19.0 Å². The van der Waals surface area contributed by atoms with E-state index in [1.807, 2.05) is 6.07 Å². The lowest BCUT2D eigenvalue weighted by Gasteiger charge is -2.18. The smallest absolute Gasteiger partial charge is 0.305 e. The third-order valence-corrected chi connectivity index (χ3v) is 5.84. The van der Waals surface area contributed by atoms with E-state index < -0.39 is 17.9 Å². The van der Waals surface area contributed by atoms with Crippen molar-refractivity contribution in [3.05, 3.63) is 120 Å². The van der Waals surface area contributed by atoms with Gasteiger partial charge in [0.1, 0.15) is 23.7 Å². The Morgan fingerprint density at radius 1 is 0.946 bits per heavy atom. The summed E-state index contributed by atoms with van der Waals surface area (Å²) in [7, 11) is 0. The number of nitrogens with one attached hydrogen (secondary N) is 2. The molecule has 1 atom stereocenters. The summed E-state index contributed by atoms with van der Waals surface area (Å²) in [6.45, 7) is 0.865. The van der Waals surface area contributed by atoms with Gasteiger partial charge in [-0.3, -0.25) is 15.0 Å². The molecule has 0 radical (unpaired) electrons. The zero-order valence-corrected chi connectivity index (χ0v) is 19.9. The van der Waals surface area contributed by atoms with Crippen molar-refractivity contribution >= 4 is 11.9 Å². The zero-order chi connectivity index (χ0) is 26.2. The number of aliphatic carboxylic acids is 1. The van der Waals surface area contributed by atoms with Crippen molar-refractivity contribution in [1.82, 2.24) is 9.88 Å². The fourth-order valence-electron chi connectivity index (χ4n) is 3.89. The minimum atomic E-state index is -1.06. The van der Waals surface area contributed by atoms with Crippen molar-refractivity contribution in [1.29, 1.82) is 5.41 Å². The van der Waals surface area contributed by atoms with Crippen LogP contribution in [0.2, 0.25) is 0 Å². The lowest BCUT2D eigenvalue weighted by molar-refractivity contribution is -0.137. The number of halogens is 1. The molecule has 37 heavy (non-hydrogen) atoms. The Labute approximate surface area is 213 Å². The third kappa shape index (κ3) is 6.70. The van der Waals surface area contributed by atoms with E-state index in [4.69, 9.17) is 10.1 Å². The van der Waals surface area contributed by atoms with E-state index in [1.165, 1.54) is 6.07 Å². The molecule has 4 aromatic rings. The number of ether oxygens (including phenoxy) is 1. The first-order chi connectivity index (χ1) is 17.9. The Morgan fingerprint density at radius 3 is 2.32 bits per heavy atom. The Bertz CT molecular complexity index is 1430. The Morgan fingerprint density at radius 2 is 1.65 bits per heavy atom. The number of aromatic nitrogens is 1. The first-order valence-electron chi connectivity index (χ1n) is 11.7. The van der Waals surface area contributed by atoms with Gasteiger partial charge in [0, 0.05) is 17.3 Å². The topological polar surface area (TPSA) is 104 Å². The van der Waals surface area contributed by atoms with E-state index in [1.54, 1.807) is 89.6 Å². The second-order valence-electron chi connectivity index (χ2n) is 8.38. The van der Waals surface area contributed by atoms with Crippen LogP contribution in [-0.2, 0) is 11.3 Å². The van der Waals surface area contributed by atoms with Crippen LogP contribution in [0.15, 0.2) is 97.2 Å². The molecular weight excluding hydrogens is 473 g/mol. The van der Waals surface area contributed by atoms with Crippen LogP contribution in [0.3, 0.4) is 0 Å². The van der Waals surface area contributed by atoms with Gasteiger partial charge in [-0.05, 0) is 53.6 Å². The summed E-state index contributed by atoms with van der Waals surface area (Å²) in [5, 5.41) is 20.0. The van der Waals surface area contributed by atoms with E-state index in [0.29, 0.717) is 46.6 Å². The molecule has 188 valence electrons. The van der Waals surface area contributed by atoms with E-state index in [9.17, 15) is 19.1 Å². The lowest BCUT2D eigenvalue weighted by Crippen LogP contribution is -2.30. The number of carbonyl (C=O) groups is 2. The predicted molar refractivity (Wildman–Crippen MR) is 137 cm³/mol. The number of carboxylic acids is 1. The van der Waals surface area contributed by atoms with Gasteiger partial charge in [-0.2, -0.15) is 0 Å². The second-order valence-corrected chi connectivity index (χ2v) is 8.38. The number of amides is 1. The summed E-state index contributed by atoms with van der Waals surface area (Å²) in [5.74, 6) is -1.25. The number of hydrogen-bond donors (Lipinski definition) is 3. The fraction of sp³-hybridized carbons (Fsp3) is 0.138. The minimum Gasteiger partial charge on any atom is -0.492 e. The molecule has 0 spiro atoms.